The van der Waals surface area contributed by atoms with Gasteiger partial charge < -0.3 is 5.73 Å². The van der Waals surface area contributed by atoms with Crippen LogP contribution in [0.3, 0.4) is 0 Å². The van der Waals surface area contributed by atoms with Crippen molar-refractivity contribution in [3.8, 4) is 17.3 Å². The molecule has 0 saturated carbocycles. The third-order valence-corrected chi connectivity index (χ3v) is 4.13. The molecule has 8 heteroatoms. The summed E-state index contributed by atoms with van der Waals surface area (Å²) in [5, 5.41) is 12.9. The normalized spacial score (nSPS) is 10.5. The maximum atomic E-state index is 13.6. The van der Waals surface area contributed by atoms with Crippen LogP contribution in [-0.4, -0.2) is 20.7 Å². The molecular weight excluding hydrogens is 361 g/mol. The molecule has 0 aliphatic heterocycles. The van der Waals surface area contributed by atoms with Gasteiger partial charge in [0.05, 0.1) is 17.3 Å². The molecule has 2 aromatic heterocycles. The van der Waals surface area contributed by atoms with Crippen molar-refractivity contribution in [3.63, 3.8) is 0 Å². The van der Waals surface area contributed by atoms with E-state index in [0.29, 0.717) is 24.2 Å². The fourth-order valence-corrected chi connectivity index (χ4v) is 2.84. The highest BCUT2D eigenvalue weighted by Crippen LogP contribution is 2.20. The van der Waals surface area contributed by atoms with Crippen molar-refractivity contribution in [2.75, 3.05) is 0 Å². The second-order valence-electron chi connectivity index (χ2n) is 6.11. The second-order valence-corrected chi connectivity index (χ2v) is 6.11. The SMILES string of the molecule is CCn1nc(C(N)=O)c(-c2ccc(Cc3cc(F)cc(C#N)c3)cn2)cc1=O. The van der Waals surface area contributed by atoms with Gasteiger partial charge in [0.2, 0.25) is 0 Å². The van der Waals surface area contributed by atoms with Crippen LogP contribution in [0.25, 0.3) is 11.3 Å². The first-order valence-corrected chi connectivity index (χ1v) is 8.48. The molecule has 3 rings (SSSR count). The lowest BCUT2D eigenvalue weighted by Gasteiger charge is -2.09. The van der Waals surface area contributed by atoms with Crippen LogP contribution in [0.5, 0.6) is 0 Å². The highest BCUT2D eigenvalue weighted by molar-refractivity contribution is 5.97. The number of nitrogens with zero attached hydrogens (tertiary/aromatic N) is 4. The molecule has 0 radical (unpaired) electrons. The van der Waals surface area contributed by atoms with Gasteiger partial charge in [-0.15, -0.1) is 0 Å². The Morgan fingerprint density at radius 2 is 2.04 bits per heavy atom. The van der Waals surface area contributed by atoms with Crippen LogP contribution in [0.15, 0.2) is 47.4 Å². The summed E-state index contributed by atoms with van der Waals surface area (Å²) in [4.78, 5) is 28.1. The Hall–Kier alpha value is -3.86. The number of rotatable bonds is 5. The summed E-state index contributed by atoms with van der Waals surface area (Å²) in [5.74, 6) is -1.24. The zero-order chi connectivity index (χ0) is 20.3. The van der Waals surface area contributed by atoms with Crippen molar-refractivity contribution in [3.05, 3.63) is 81.2 Å². The highest BCUT2D eigenvalue weighted by Gasteiger charge is 2.16. The third-order valence-electron chi connectivity index (χ3n) is 4.13. The Morgan fingerprint density at radius 1 is 1.25 bits per heavy atom. The third kappa shape index (κ3) is 3.94. The van der Waals surface area contributed by atoms with Crippen LogP contribution in [0.2, 0.25) is 0 Å². The van der Waals surface area contributed by atoms with Gasteiger partial charge in [-0.3, -0.25) is 14.6 Å². The van der Waals surface area contributed by atoms with E-state index in [1.807, 2.05) is 6.07 Å². The number of hydrogen-bond donors (Lipinski definition) is 1. The summed E-state index contributed by atoms with van der Waals surface area (Å²) in [6, 6.07) is 10.7. The van der Waals surface area contributed by atoms with Gasteiger partial charge in [-0.2, -0.15) is 10.4 Å². The number of nitriles is 1. The summed E-state index contributed by atoms with van der Waals surface area (Å²) in [6.07, 6.45) is 1.93. The molecule has 0 aliphatic rings. The first-order chi connectivity index (χ1) is 13.4. The van der Waals surface area contributed by atoms with E-state index in [1.165, 1.54) is 18.2 Å². The summed E-state index contributed by atoms with van der Waals surface area (Å²) in [6.45, 7) is 2.04. The number of carbonyl (C=O) groups excluding carboxylic acids is 1. The number of halogens is 1. The number of hydrogen-bond acceptors (Lipinski definition) is 5. The van der Waals surface area contributed by atoms with Gasteiger partial charge in [0, 0.05) is 24.4 Å². The standard InChI is InChI=1S/C20H16FN5O2/c1-2-26-18(27)9-16(19(25-26)20(23)28)17-4-3-12(11-24-17)5-13-6-14(10-22)8-15(21)7-13/h3-4,6-9,11H,2,5H2,1H3,(H2,23,28). The van der Waals surface area contributed by atoms with Crippen molar-refractivity contribution in [2.45, 2.75) is 19.9 Å². The largest absolute Gasteiger partial charge is 0.364 e. The van der Waals surface area contributed by atoms with E-state index in [4.69, 9.17) is 11.0 Å². The Balaban J connectivity index is 1.94. The summed E-state index contributed by atoms with van der Waals surface area (Å²) < 4.78 is 14.7. The predicted molar refractivity (Wildman–Crippen MR) is 99.8 cm³/mol. The fraction of sp³-hybridized carbons (Fsp3) is 0.150. The average molecular weight is 377 g/mol. The number of primary amides is 1. The predicted octanol–water partition coefficient (Wildman–Crippen LogP) is 2.03. The molecule has 0 bridgehead atoms. The zero-order valence-corrected chi connectivity index (χ0v) is 15.0. The van der Waals surface area contributed by atoms with Crippen molar-refractivity contribution in [1.82, 2.24) is 14.8 Å². The minimum Gasteiger partial charge on any atom is -0.364 e. The van der Waals surface area contributed by atoms with Gasteiger partial charge in [-0.25, -0.2) is 9.07 Å². The zero-order valence-electron chi connectivity index (χ0n) is 15.0. The number of nitrogens with two attached hydrogens (primary N) is 1. The topological polar surface area (TPSA) is 115 Å². The van der Waals surface area contributed by atoms with Crippen molar-refractivity contribution >= 4 is 5.91 Å². The van der Waals surface area contributed by atoms with E-state index in [1.54, 1.807) is 31.3 Å². The number of carbonyl (C=O) groups is 1. The molecule has 0 fully saturated rings. The van der Waals surface area contributed by atoms with Crippen LogP contribution in [0.1, 0.15) is 34.1 Å². The lowest BCUT2D eigenvalue weighted by Crippen LogP contribution is -2.27. The average Bonchev–Trinajstić information content (AvgIpc) is 2.67. The van der Waals surface area contributed by atoms with Crippen LogP contribution in [0.4, 0.5) is 4.39 Å². The van der Waals surface area contributed by atoms with Crippen molar-refractivity contribution < 1.29 is 9.18 Å². The Morgan fingerprint density at radius 3 is 2.64 bits per heavy atom. The molecular formula is C20H16FN5O2. The molecule has 2 heterocycles. The van der Waals surface area contributed by atoms with Crippen LogP contribution in [-0.2, 0) is 13.0 Å². The molecule has 1 aromatic carbocycles. The molecule has 7 nitrogen and oxygen atoms in total. The molecule has 0 unspecified atom stereocenters. The van der Waals surface area contributed by atoms with Gasteiger partial charge in [-0.1, -0.05) is 6.07 Å². The van der Waals surface area contributed by atoms with Gasteiger partial charge >= 0.3 is 0 Å². The molecule has 2 N–H and O–H groups in total. The minimum atomic E-state index is -0.758. The molecule has 3 aromatic rings. The lowest BCUT2D eigenvalue weighted by molar-refractivity contribution is 0.0994. The van der Waals surface area contributed by atoms with Gasteiger partial charge in [0.1, 0.15) is 5.82 Å². The van der Waals surface area contributed by atoms with E-state index >= 15 is 0 Å². The summed E-state index contributed by atoms with van der Waals surface area (Å²) in [7, 11) is 0. The monoisotopic (exact) mass is 377 g/mol. The number of aryl methyl sites for hydroxylation is 1. The van der Waals surface area contributed by atoms with E-state index in [0.717, 1.165) is 10.2 Å². The summed E-state index contributed by atoms with van der Waals surface area (Å²) in [5.41, 5.74) is 7.28. The lowest BCUT2D eigenvalue weighted by atomic mass is 10.0. The maximum absolute atomic E-state index is 13.6. The Kier molecular flexibility index (Phi) is 5.27. The van der Waals surface area contributed by atoms with E-state index < -0.39 is 11.7 Å². The number of amides is 1. The number of aromatic nitrogens is 3. The smallest absolute Gasteiger partial charge is 0.269 e. The number of pyridine rings is 1. The van der Waals surface area contributed by atoms with E-state index in [2.05, 4.69) is 10.1 Å². The Labute approximate surface area is 159 Å². The van der Waals surface area contributed by atoms with Crippen molar-refractivity contribution in [1.29, 1.82) is 5.26 Å². The van der Waals surface area contributed by atoms with Crippen molar-refractivity contribution in [2.24, 2.45) is 5.73 Å². The van der Waals surface area contributed by atoms with E-state index in [-0.39, 0.29) is 22.4 Å². The van der Waals surface area contributed by atoms with Gasteiger partial charge in [0.15, 0.2) is 5.69 Å². The van der Waals surface area contributed by atoms with Crippen LogP contribution in [0, 0.1) is 17.1 Å². The first kappa shape index (κ1) is 18.9. The number of benzene rings is 1. The van der Waals surface area contributed by atoms with Crippen LogP contribution >= 0.6 is 0 Å². The molecule has 0 spiro atoms. The molecule has 0 aliphatic carbocycles. The second kappa shape index (κ2) is 7.80. The minimum absolute atomic E-state index is 0.0366. The first-order valence-electron chi connectivity index (χ1n) is 8.48. The molecule has 28 heavy (non-hydrogen) atoms. The summed E-state index contributed by atoms with van der Waals surface area (Å²) >= 11 is 0. The molecule has 0 saturated heterocycles. The van der Waals surface area contributed by atoms with Crippen LogP contribution < -0.4 is 11.3 Å². The van der Waals surface area contributed by atoms with E-state index in [9.17, 15) is 14.0 Å². The quantitative estimate of drug-likeness (QED) is 0.730. The maximum Gasteiger partial charge on any atom is 0.269 e. The Bertz CT molecular complexity index is 1150. The molecule has 1 amide bonds. The molecule has 140 valence electrons. The fourth-order valence-electron chi connectivity index (χ4n) is 2.84. The highest BCUT2D eigenvalue weighted by atomic mass is 19.1. The van der Waals surface area contributed by atoms with Gasteiger partial charge in [0.25, 0.3) is 11.5 Å². The molecule has 0 atom stereocenters. The van der Waals surface area contributed by atoms with Gasteiger partial charge in [-0.05, 0) is 48.7 Å².